The van der Waals surface area contributed by atoms with Crippen molar-refractivity contribution in [1.82, 2.24) is 4.90 Å². The Morgan fingerprint density at radius 2 is 2.25 bits per heavy atom. The fourth-order valence-electron chi connectivity index (χ4n) is 2.85. The van der Waals surface area contributed by atoms with Gasteiger partial charge in [0.1, 0.15) is 0 Å². The van der Waals surface area contributed by atoms with Crippen molar-refractivity contribution < 1.29 is 4.79 Å². The summed E-state index contributed by atoms with van der Waals surface area (Å²) in [5, 5.41) is 2.96. The average Bonchev–Trinajstić information content (AvgIpc) is 2.42. The maximum absolute atomic E-state index is 12.1. The Bertz CT molecular complexity index is 461. The zero-order chi connectivity index (χ0) is 14.5. The highest BCUT2D eigenvalue weighted by Crippen LogP contribution is 2.21. The summed E-state index contributed by atoms with van der Waals surface area (Å²) in [5.41, 5.74) is 7.47. The van der Waals surface area contributed by atoms with Gasteiger partial charge in [0.2, 0.25) is 5.91 Å². The van der Waals surface area contributed by atoms with Gasteiger partial charge in [0, 0.05) is 18.3 Å². The lowest BCUT2D eigenvalue weighted by Crippen LogP contribution is -2.44. The molecule has 4 heteroatoms. The second kappa shape index (κ2) is 6.86. The summed E-state index contributed by atoms with van der Waals surface area (Å²) in [6.07, 6.45) is 2.36. The quantitative estimate of drug-likeness (QED) is 0.885. The molecular formula is C16H25N3O. The first kappa shape index (κ1) is 15.0. The fraction of sp³-hybridized carbons (Fsp3) is 0.562. The van der Waals surface area contributed by atoms with Crippen LogP contribution in [0.3, 0.4) is 0 Å². The molecule has 1 aliphatic heterocycles. The van der Waals surface area contributed by atoms with E-state index in [2.05, 4.69) is 24.1 Å². The molecule has 2 rings (SSSR count). The number of likely N-dealkylation sites (tertiary alicyclic amines) is 1. The van der Waals surface area contributed by atoms with Crippen LogP contribution in [-0.4, -0.2) is 29.9 Å². The first-order valence-electron chi connectivity index (χ1n) is 7.41. The molecule has 20 heavy (non-hydrogen) atoms. The summed E-state index contributed by atoms with van der Waals surface area (Å²) in [5.74, 6) is 0.825. The van der Waals surface area contributed by atoms with E-state index in [9.17, 15) is 4.79 Å². The number of benzene rings is 1. The van der Waals surface area contributed by atoms with Crippen LogP contribution in [0.5, 0.6) is 0 Å². The van der Waals surface area contributed by atoms with E-state index >= 15 is 0 Å². The Hall–Kier alpha value is -1.39. The Labute approximate surface area is 121 Å². The van der Waals surface area contributed by atoms with Gasteiger partial charge in [-0.2, -0.15) is 0 Å². The highest BCUT2D eigenvalue weighted by molar-refractivity contribution is 5.92. The van der Waals surface area contributed by atoms with E-state index in [4.69, 9.17) is 5.73 Å². The Balaban J connectivity index is 1.88. The number of carbonyl (C=O) groups excluding carboxylic acids is 1. The number of anilines is 1. The third-order valence-electron chi connectivity index (χ3n) is 4.07. The van der Waals surface area contributed by atoms with E-state index in [0.29, 0.717) is 19.1 Å². The first-order valence-corrected chi connectivity index (χ1v) is 7.41. The molecule has 1 aromatic rings. The molecule has 0 radical (unpaired) electrons. The van der Waals surface area contributed by atoms with Gasteiger partial charge in [-0.15, -0.1) is 0 Å². The molecule has 1 amide bonds. The molecule has 110 valence electrons. The lowest BCUT2D eigenvalue weighted by molar-refractivity contribution is -0.118. The van der Waals surface area contributed by atoms with E-state index in [1.54, 1.807) is 0 Å². The summed E-state index contributed by atoms with van der Waals surface area (Å²) >= 11 is 0. The van der Waals surface area contributed by atoms with Crippen molar-refractivity contribution in [3.8, 4) is 0 Å². The number of piperidine rings is 1. The molecule has 4 nitrogen and oxygen atoms in total. The van der Waals surface area contributed by atoms with Crippen LogP contribution in [0, 0.1) is 5.92 Å². The van der Waals surface area contributed by atoms with Crippen LogP contribution in [0.15, 0.2) is 24.3 Å². The molecule has 3 N–H and O–H groups in total. The molecule has 0 aliphatic carbocycles. The SMILES string of the molecule is CC1CCN(CC(=O)Nc2cccc(CN)c2)C(C)C1. The molecule has 1 saturated heterocycles. The van der Waals surface area contributed by atoms with E-state index in [-0.39, 0.29) is 5.91 Å². The van der Waals surface area contributed by atoms with Gasteiger partial charge in [0.25, 0.3) is 0 Å². The van der Waals surface area contributed by atoms with E-state index in [1.165, 1.54) is 12.8 Å². The Morgan fingerprint density at radius 3 is 2.95 bits per heavy atom. The lowest BCUT2D eigenvalue weighted by Gasteiger charge is -2.35. The molecule has 1 fully saturated rings. The third kappa shape index (κ3) is 4.05. The summed E-state index contributed by atoms with van der Waals surface area (Å²) in [4.78, 5) is 14.4. The highest BCUT2D eigenvalue weighted by atomic mass is 16.2. The van der Waals surface area contributed by atoms with Crippen molar-refractivity contribution in [2.24, 2.45) is 11.7 Å². The molecule has 0 aromatic heterocycles. The predicted molar refractivity (Wildman–Crippen MR) is 82.4 cm³/mol. The van der Waals surface area contributed by atoms with Crippen molar-refractivity contribution >= 4 is 11.6 Å². The number of nitrogens with two attached hydrogens (primary N) is 1. The second-order valence-electron chi connectivity index (χ2n) is 5.90. The zero-order valence-corrected chi connectivity index (χ0v) is 12.4. The van der Waals surface area contributed by atoms with Crippen LogP contribution in [0.2, 0.25) is 0 Å². The third-order valence-corrected chi connectivity index (χ3v) is 4.07. The van der Waals surface area contributed by atoms with Crippen LogP contribution in [-0.2, 0) is 11.3 Å². The minimum absolute atomic E-state index is 0.0561. The first-order chi connectivity index (χ1) is 9.58. The molecule has 1 aliphatic rings. The van der Waals surface area contributed by atoms with Gasteiger partial charge in [0.05, 0.1) is 6.54 Å². The van der Waals surface area contributed by atoms with Crippen molar-refractivity contribution in [2.75, 3.05) is 18.4 Å². The second-order valence-corrected chi connectivity index (χ2v) is 5.90. The summed E-state index contributed by atoms with van der Waals surface area (Å²) in [6.45, 7) is 6.47. The van der Waals surface area contributed by atoms with Crippen molar-refractivity contribution in [3.05, 3.63) is 29.8 Å². The topological polar surface area (TPSA) is 58.4 Å². The fourth-order valence-corrected chi connectivity index (χ4v) is 2.85. The number of carbonyl (C=O) groups is 1. The number of hydrogen-bond acceptors (Lipinski definition) is 3. The average molecular weight is 275 g/mol. The van der Waals surface area contributed by atoms with Gasteiger partial charge in [-0.1, -0.05) is 19.1 Å². The molecule has 0 bridgehead atoms. The van der Waals surface area contributed by atoms with Crippen LogP contribution < -0.4 is 11.1 Å². The number of hydrogen-bond donors (Lipinski definition) is 2. The maximum Gasteiger partial charge on any atom is 0.238 e. The molecule has 2 atom stereocenters. The number of rotatable bonds is 4. The van der Waals surface area contributed by atoms with Gasteiger partial charge < -0.3 is 11.1 Å². The van der Waals surface area contributed by atoms with Crippen LogP contribution in [0.1, 0.15) is 32.3 Å². The molecular weight excluding hydrogens is 250 g/mol. The summed E-state index contributed by atoms with van der Waals surface area (Å²) in [7, 11) is 0. The monoisotopic (exact) mass is 275 g/mol. The predicted octanol–water partition coefficient (Wildman–Crippen LogP) is 2.20. The zero-order valence-electron chi connectivity index (χ0n) is 12.4. The van der Waals surface area contributed by atoms with Crippen LogP contribution in [0.25, 0.3) is 0 Å². The number of nitrogens with one attached hydrogen (secondary N) is 1. The van der Waals surface area contributed by atoms with Crippen molar-refractivity contribution in [2.45, 2.75) is 39.3 Å². The van der Waals surface area contributed by atoms with Gasteiger partial charge in [-0.05, 0) is 49.9 Å². The molecule has 1 heterocycles. The molecule has 1 aromatic carbocycles. The van der Waals surface area contributed by atoms with Crippen LogP contribution in [0.4, 0.5) is 5.69 Å². The molecule has 2 unspecified atom stereocenters. The van der Waals surface area contributed by atoms with Crippen molar-refractivity contribution in [3.63, 3.8) is 0 Å². The normalized spacial score (nSPS) is 23.6. The minimum Gasteiger partial charge on any atom is -0.326 e. The molecule has 0 spiro atoms. The van der Waals surface area contributed by atoms with Gasteiger partial charge >= 0.3 is 0 Å². The van der Waals surface area contributed by atoms with E-state index < -0.39 is 0 Å². The van der Waals surface area contributed by atoms with Crippen molar-refractivity contribution in [1.29, 1.82) is 0 Å². The highest BCUT2D eigenvalue weighted by Gasteiger charge is 2.24. The standard InChI is InChI=1S/C16H25N3O/c1-12-6-7-19(13(2)8-12)11-16(20)18-15-5-3-4-14(9-15)10-17/h3-5,9,12-13H,6-8,10-11,17H2,1-2H3,(H,18,20). The Kier molecular flexibility index (Phi) is 5.15. The van der Waals surface area contributed by atoms with E-state index in [0.717, 1.165) is 23.7 Å². The van der Waals surface area contributed by atoms with E-state index in [1.807, 2.05) is 24.3 Å². The van der Waals surface area contributed by atoms with Gasteiger partial charge in [0.15, 0.2) is 0 Å². The molecule has 0 saturated carbocycles. The van der Waals surface area contributed by atoms with Crippen LogP contribution >= 0.6 is 0 Å². The minimum atomic E-state index is 0.0561. The lowest BCUT2D eigenvalue weighted by atomic mass is 9.93. The van der Waals surface area contributed by atoms with Gasteiger partial charge in [-0.3, -0.25) is 9.69 Å². The maximum atomic E-state index is 12.1. The number of nitrogens with zero attached hydrogens (tertiary/aromatic N) is 1. The smallest absolute Gasteiger partial charge is 0.238 e. The largest absolute Gasteiger partial charge is 0.326 e. The summed E-state index contributed by atoms with van der Waals surface area (Å²) in [6, 6.07) is 8.20. The number of amides is 1. The summed E-state index contributed by atoms with van der Waals surface area (Å²) < 4.78 is 0. The van der Waals surface area contributed by atoms with Gasteiger partial charge in [-0.25, -0.2) is 0 Å². The Morgan fingerprint density at radius 1 is 1.45 bits per heavy atom.